The molecule has 0 atom stereocenters. The third-order valence-electron chi connectivity index (χ3n) is 5.48. The Morgan fingerprint density at radius 1 is 1.00 bits per heavy atom. The summed E-state index contributed by atoms with van der Waals surface area (Å²) in [6.07, 6.45) is 0. The number of sulfonamides is 1. The Morgan fingerprint density at radius 2 is 1.62 bits per heavy atom. The van der Waals surface area contributed by atoms with E-state index in [-0.39, 0.29) is 30.2 Å². The van der Waals surface area contributed by atoms with Gasteiger partial charge in [-0.25, -0.2) is 8.42 Å². The van der Waals surface area contributed by atoms with Crippen molar-refractivity contribution in [2.45, 2.75) is 32.2 Å². The summed E-state index contributed by atoms with van der Waals surface area (Å²) in [5, 5.41) is 10.3. The lowest BCUT2D eigenvalue weighted by Gasteiger charge is -2.24. The number of hydrogen-bond acceptors (Lipinski definition) is 6. The van der Waals surface area contributed by atoms with Crippen molar-refractivity contribution in [2.75, 3.05) is 26.4 Å². The predicted octanol–water partition coefficient (Wildman–Crippen LogP) is 2.41. The molecule has 1 aliphatic rings. The van der Waals surface area contributed by atoms with Crippen LogP contribution in [0, 0.1) is 20.8 Å². The largest absolute Gasteiger partial charge is 0.486 e. The second-order valence-corrected chi connectivity index (χ2v) is 9.87. The SMILES string of the molecule is Cc1cc(C)c(S(=O)(=O)N(CCO)Cc2cc3cc4c(cc3[nH]c2=O)OCCO4)c(C)c1. The van der Waals surface area contributed by atoms with E-state index in [9.17, 15) is 18.3 Å². The molecule has 170 valence electrons. The van der Waals surface area contributed by atoms with Crippen LogP contribution in [0.25, 0.3) is 10.9 Å². The summed E-state index contributed by atoms with van der Waals surface area (Å²) in [6, 6.07) is 8.75. The summed E-state index contributed by atoms with van der Waals surface area (Å²) in [6.45, 7) is 5.61. The van der Waals surface area contributed by atoms with E-state index in [4.69, 9.17) is 9.47 Å². The molecule has 32 heavy (non-hydrogen) atoms. The Labute approximate surface area is 186 Å². The summed E-state index contributed by atoms with van der Waals surface area (Å²) in [4.78, 5) is 15.8. The molecule has 2 heterocycles. The average Bonchev–Trinajstić information content (AvgIpc) is 2.71. The number of aliphatic hydroxyl groups is 1. The van der Waals surface area contributed by atoms with E-state index < -0.39 is 15.6 Å². The third kappa shape index (κ3) is 4.11. The summed E-state index contributed by atoms with van der Waals surface area (Å²) in [5.74, 6) is 1.13. The topological polar surface area (TPSA) is 109 Å². The first kappa shape index (κ1) is 22.3. The minimum absolute atomic E-state index is 0.131. The van der Waals surface area contributed by atoms with Crippen molar-refractivity contribution < 1.29 is 23.0 Å². The van der Waals surface area contributed by atoms with E-state index >= 15 is 0 Å². The number of rotatable bonds is 6. The van der Waals surface area contributed by atoms with E-state index in [0.29, 0.717) is 46.7 Å². The maximum absolute atomic E-state index is 13.5. The van der Waals surface area contributed by atoms with Crippen LogP contribution in [-0.4, -0.2) is 49.2 Å². The van der Waals surface area contributed by atoms with Gasteiger partial charge in [-0.1, -0.05) is 17.7 Å². The number of pyridine rings is 1. The maximum atomic E-state index is 13.5. The number of ether oxygens (including phenoxy) is 2. The summed E-state index contributed by atoms with van der Waals surface area (Å²) in [5.41, 5.74) is 2.67. The Hall–Kier alpha value is -2.88. The highest BCUT2D eigenvalue weighted by atomic mass is 32.2. The minimum atomic E-state index is -3.95. The number of hydrogen-bond donors (Lipinski definition) is 2. The highest BCUT2D eigenvalue weighted by Crippen LogP contribution is 2.34. The van der Waals surface area contributed by atoms with Crippen molar-refractivity contribution in [1.29, 1.82) is 0 Å². The Balaban J connectivity index is 1.76. The summed E-state index contributed by atoms with van der Waals surface area (Å²) in [7, 11) is -3.95. The van der Waals surface area contributed by atoms with Gasteiger partial charge in [0.25, 0.3) is 5.56 Å². The van der Waals surface area contributed by atoms with Gasteiger partial charge in [0.1, 0.15) is 13.2 Å². The Morgan fingerprint density at radius 3 is 2.25 bits per heavy atom. The number of nitrogens with zero attached hydrogens (tertiary/aromatic N) is 1. The van der Waals surface area contributed by atoms with Crippen LogP contribution >= 0.6 is 0 Å². The van der Waals surface area contributed by atoms with Crippen LogP contribution in [0.15, 0.2) is 40.0 Å². The normalized spacial score (nSPS) is 13.7. The number of benzene rings is 2. The van der Waals surface area contributed by atoms with Gasteiger partial charge in [0.05, 0.1) is 17.0 Å². The van der Waals surface area contributed by atoms with Gasteiger partial charge >= 0.3 is 0 Å². The van der Waals surface area contributed by atoms with Gasteiger partial charge in [-0.2, -0.15) is 4.31 Å². The molecule has 2 N–H and O–H groups in total. The molecule has 0 saturated carbocycles. The molecule has 0 aliphatic carbocycles. The van der Waals surface area contributed by atoms with Crippen LogP contribution < -0.4 is 15.0 Å². The van der Waals surface area contributed by atoms with Crippen molar-refractivity contribution in [3.05, 3.63) is 62.9 Å². The van der Waals surface area contributed by atoms with Gasteiger partial charge < -0.3 is 19.6 Å². The van der Waals surface area contributed by atoms with Gasteiger partial charge in [0, 0.05) is 30.1 Å². The van der Waals surface area contributed by atoms with Gasteiger partial charge in [-0.05, 0) is 44.0 Å². The smallest absolute Gasteiger partial charge is 0.252 e. The number of aromatic amines is 1. The summed E-state index contributed by atoms with van der Waals surface area (Å²) >= 11 is 0. The first-order valence-electron chi connectivity index (χ1n) is 10.3. The van der Waals surface area contributed by atoms with Crippen LogP contribution in [0.1, 0.15) is 22.3 Å². The maximum Gasteiger partial charge on any atom is 0.252 e. The molecule has 0 fully saturated rings. The fraction of sp³-hybridized carbons (Fsp3) is 0.348. The fourth-order valence-electron chi connectivity index (χ4n) is 4.19. The molecule has 0 spiro atoms. The second kappa shape index (κ2) is 8.57. The zero-order chi connectivity index (χ0) is 23.0. The number of H-pyrrole nitrogens is 1. The zero-order valence-corrected chi connectivity index (χ0v) is 19.1. The van der Waals surface area contributed by atoms with Crippen LogP contribution in [0.5, 0.6) is 11.5 Å². The zero-order valence-electron chi connectivity index (χ0n) is 18.3. The number of nitrogens with one attached hydrogen (secondary N) is 1. The molecular weight excluding hydrogens is 432 g/mol. The lowest BCUT2D eigenvalue weighted by molar-refractivity contribution is 0.172. The first-order chi connectivity index (χ1) is 15.2. The van der Waals surface area contributed by atoms with E-state index in [1.165, 1.54) is 0 Å². The average molecular weight is 459 g/mol. The molecular formula is C23H26N2O6S. The van der Waals surface area contributed by atoms with Crippen LogP contribution in [0.3, 0.4) is 0 Å². The van der Waals surface area contributed by atoms with Crippen LogP contribution in [0.4, 0.5) is 0 Å². The molecule has 2 aromatic carbocycles. The van der Waals surface area contributed by atoms with Crippen molar-refractivity contribution in [3.63, 3.8) is 0 Å². The molecule has 0 amide bonds. The van der Waals surface area contributed by atoms with Crippen molar-refractivity contribution in [3.8, 4) is 11.5 Å². The van der Waals surface area contributed by atoms with Crippen molar-refractivity contribution in [1.82, 2.24) is 9.29 Å². The molecule has 4 rings (SSSR count). The minimum Gasteiger partial charge on any atom is -0.486 e. The van der Waals surface area contributed by atoms with Gasteiger partial charge in [0.2, 0.25) is 10.0 Å². The highest BCUT2D eigenvalue weighted by molar-refractivity contribution is 7.89. The fourth-order valence-corrected chi connectivity index (χ4v) is 6.01. The highest BCUT2D eigenvalue weighted by Gasteiger charge is 2.28. The number of aryl methyl sites for hydroxylation is 3. The second-order valence-electron chi connectivity index (χ2n) is 8.00. The van der Waals surface area contributed by atoms with Crippen molar-refractivity contribution >= 4 is 20.9 Å². The van der Waals surface area contributed by atoms with E-state index in [1.807, 2.05) is 19.1 Å². The number of fused-ring (bicyclic) bond motifs is 2. The van der Waals surface area contributed by atoms with Gasteiger partial charge in [-0.3, -0.25) is 4.79 Å². The monoisotopic (exact) mass is 458 g/mol. The van der Waals surface area contributed by atoms with E-state index in [1.54, 1.807) is 32.0 Å². The van der Waals surface area contributed by atoms with Crippen molar-refractivity contribution in [2.24, 2.45) is 0 Å². The van der Waals surface area contributed by atoms with Gasteiger partial charge in [0.15, 0.2) is 11.5 Å². The lowest BCUT2D eigenvalue weighted by atomic mass is 10.1. The standard InChI is InChI=1S/C23H26N2O6S/c1-14-8-15(2)22(16(3)9-14)32(28,29)25(4-5-26)13-18-10-17-11-20-21(31-7-6-30-20)12-19(17)24-23(18)27/h8-12,26H,4-7,13H2,1-3H3,(H,24,27). The molecule has 9 heteroatoms. The molecule has 0 radical (unpaired) electrons. The molecule has 1 aliphatic heterocycles. The molecule has 8 nitrogen and oxygen atoms in total. The Bertz CT molecular complexity index is 1320. The Kier molecular flexibility index (Phi) is 5.98. The number of aromatic nitrogens is 1. The summed E-state index contributed by atoms with van der Waals surface area (Å²) < 4.78 is 39.3. The molecule has 3 aromatic rings. The molecule has 0 bridgehead atoms. The third-order valence-corrected chi connectivity index (χ3v) is 7.63. The molecule has 1 aromatic heterocycles. The molecule has 0 unspecified atom stereocenters. The predicted molar refractivity (Wildman–Crippen MR) is 121 cm³/mol. The molecule has 0 saturated heterocycles. The van der Waals surface area contributed by atoms with E-state index in [0.717, 1.165) is 9.87 Å². The quantitative estimate of drug-likeness (QED) is 0.587. The lowest BCUT2D eigenvalue weighted by Crippen LogP contribution is -2.35. The first-order valence-corrected chi connectivity index (χ1v) is 11.8. The number of aliphatic hydroxyl groups excluding tert-OH is 1. The van der Waals surface area contributed by atoms with E-state index in [2.05, 4.69) is 4.98 Å². The van der Waals surface area contributed by atoms with Gasteiger partial charge in [-0.15, -0.1) is 0 Å². The van der Waals surface area contributed by atoms with Crippen LogP contribution in [-0.2, 0) is 16.6 Å². The van der Waals surface area contributed by atoms with Crippen LogP contribution in [0.2, 0.25) is 0 Å².